The van der Waals surface area contributed by atoms with Gasteiger partial charge in [0.15, 0.2) is 11.6 Å². The van der Waals surface area contributed by atoms with Crippen LogP contribution >= 0.6 is 0 Å². The Morgan fingerprint density at radius 2 is 2.07 bits per heavy atom. The molecular formula is C20H20N6O3. The molecule has 0 atom stereocenters. The van der Waals surface area contributed by atoms with Crippen molar-refractivity contribution < 1.29 is 13.7 Å². The molecule has 0 amide bonds. The number of fused-ring (bicyclic) bond motifs is 1. The van der Waals surface area contributed by atoms with Crippen molar-refractivity contribution in [1.82, 2.24) is 25.1 Å². The second-order valence-electron chi connectivity index (χ2n) is 7.07. The third-order valence-corrected chi connectivity index (χ3v) is 5.19. The van der Waals surface area contributed by atoms with Gasteiger partial charge in [-0.3, -0.25) is 4.98 Å². The highest BCUT2D eigenvalue weighted by Gasteiger charge is 2.24. The van der Waals surface area contributed by atoms with Crippen LogP contribution in [0, 0.1) is 5.92 Å². The first-order valence-electron chi connectivity index (χ1n) is 9.57. The summed E-state index contributed by atoms with van der Waals surface area (Å²) in [5.74, 6) is 3.45. The highest BCUT2D eigenvalue weighted by atomic mass is 16.5. The van der Waals surface area contributed by atoms with Gasteiger partial charge in [-0.25, -0.2) is 4.98 Å². The molecule has 1 aliphatic rings. The van der Waals surface area contributed by atoms with E-state index in [-0.39, 0.29) is 0 Å². The number of hydrogen-bond donors (Lipinski definition) is 0. The van der Waals surface area contributed by atoms with E-state index in [2.05, 4.69) is 30.0 Å². The van der Waals surface area contributed by atoms with Gasteiger partial charge in [-0.05, 0) is 30.9 Å². The number of methoxy groups -OCH3 is 1. The van der Waals surface area contributed by atoms with Gasteiger partial charge in [0.1, 0.15) is 5.58 Å². The number of pyridine rings is 1. The molecule has 0 saturated carbocycles. The standard InChI is InChI=1S/C20H20N6O3/c1-27-18-3-7-22-20(24-18)26-8-4-13(5-9-26)10-17-23-19(29-25-17)16-11-14-12-21-6-2-15(14)28-16/h2-3,6-7,11-13H,4-5,8-10H2,1H3. The third-order valence-electron chi connectivity index (χ3n) is 5.19. The average molecular weight is 392 g/mol. The van der Waals surface area contributed by atoms with E-state index < -0.39 is 0 Å². The minimum Gasteiger partial charge on any atom is -0.481 e. The van der Waals surface area contributed by atoms with Gasteiger partial charge in [0.25, 0.3) is 5.89 Å². The third kappa shape index (κ3) is 3.63. The van der Waals surface area contributed by atoms with Gasteiger partial charge in [-0.15, -0.1) is 0 Å². The molecule has 9 heteroatoms. The molecule has 1 fully saturated rings. The minimum absolute atomic E-state index is 0.401. The molecule has 0 unspecified atom stereocenters. The zero-order valence-electron chi connectivity index (χ0n) is 16.0. The molecule has 29 heavy (non-hydrogen) atoms. The van der Waals surface area contributed by atoms with Gasteiger partial charge in [0, 0.05) is 49.6 Å². The largest absolute Gasteiger partial charge is 0.481 e. The number of rotatable bonds is 5. The van der Waals surface area contributed by atoms with Crippen LogP contribution in [0.4, 0.5) is 5.95 Å². The number of ether oxygens (including phenoxy) is 1. The van der Waals surface area contributed by atoms with E-state index in [9.17, 15) is 0 Å². The number of anilines is 1. The van der Waals surface area contributed by atoms with Crippen molar-refractivity contribution in [1.29, 1.82) is 0 Å². The molecule has 0 bridgehead atoms. The van der Waals surface area contributed by atoms with Crippen molar-refractivity contribution in [2.75, 3.05) is 25.1 Å². The summed E-state index contributed by atoms with van der Waals surface area (Å²) in [7, 11) is 1.61. The Balaban J connectivity index is 1.22. The maximum Gasteiger partial charge on any atom is 0.293 e. The maximum atomic E-state index is 5.77. The summed E-state index contributed by atoms with van der Waals surface area (Å²) in [5, 5.41) is 5.05. The second kappa shape index (κ2) is 7.50. The lowest BCUT2D eigenvalue weighted by Crippen LogP contribution is -2.35. The van der Waals surface area contributed by atoms with Crippen LogP contribution < -0.4 is 9.64 Å². The van der Waals surface area contributed by atoms with Crippen molar-refractivity contribution in [3.8, 4) is 17.5 Å². The predicted octanol–water partition coefficient (Wildman–Crippen LogP) is 3.14. The number of hydrogen-bond acceptors (Lipinski definition) is 9. The van der Waals surface area contributed by atoms with Gasteiger partial charge in [-0.2, -0.15) is 9.97 Å². The van der Waals surface area contributed by atoms with Crippen LogP contribution in [0.15, 0.2) is 45.7 Å². The van der Waals surface area contributed by atoms with Crippen LogP contribution in [0.25, 0.3) is 22.6 Å². The molecule has 4 aromatic heterocycles. The Morgan fingerprint density at radius 3 is 2.90 bits per heavy atom. The van der Waals surface area contributed by atoms with E-state index in [0.717, 1.165) is 43.3 Å². The zero-order chi connectivity index (χ0) is 19.6. The monoisotopic (exact) mass is 392 g/mol. The summed E-state index contributed by atoms with van der Waals surface area (Å²) >= 11 is 0. The van der Waals surface area contributed by atoms with Crippen molar-refractivity contribution in [2.45, 2.75) is 19.3 Å². The molecule has 0 spiro atoms. The van der Waals surface area contributed by atoms with E-state index >= 15 is 0 Å². The second-order valence-corrected chi connectivity index (χ2v) is 7.07. The smallest absolute Gasteiger partial charge is 0.293 e. The summed E-state index contributed by atoms with van der Waals surface area (Å²) < 4.78 is 16.4. The van der Waals surface area contributed by atoms with Gasteiger partial charge >= 0.3 is 0 Å². The lowest BCUT2D eigenvalue weighted by molar-refractivity contribution is 0.371. The Kier molecular flexibility index (Phi) is 4.55. The first-order chi connectivity index (χ1) is 14.3. The SMILES string of the molecule is COc1ccnc(N2CCC(Cc3noc(-c4cc5cnccc5o4)n3)CC2)n1. The Hall–Kier alpha value is -3.49. The molecular weight excluding hydrogens is 372 g/mol. The van der Waals surface area contributed by atoms with Crippen molar-refractivity contribution in [3.05, 3.63) is 42.6 Å². The number of piperidine rings is 1. The summed E-state index contributed by atoms with van der Waals surface area (Å²) in [6, 6.07) is 5.44. The summed E-state index contributed by atoms with van der Waals surface area (Å²) in [4.78, 5) is 19.6. The number of furan rings is 1. The Labute approximate surface area is 166 Å². The van der Waals surface area contributed by atoms with Crippen LogP contribution in [0.3, 0.4) is 0 Å². The fourth-order valence-corrected chi connectivity index (χ4v) is 3.62. The van der Waals surface area contributed by atoms with Crippen LogP contribution in [0.5, 0.6) is 5.88 Å². The van der Waals surface area contributed by atoms with Gasteiger partial charge in [0.05, 0.1) is 7.11 Å². The molecule has 1 aliphatic heterocycles. The lowest BCUT2D eigenvalue weighted by Gasteiger charge is -2.31. The van der Waals surface area contributed by atoms with E-state index in [0.29, 0.717) is 35.2 Å². The van der Waals surface area contributed by atoms with E-state index in [1.807, 2.05) is 12.1 Å². The Bertz CT molecular complexity index is 1080. The molecule has 4 aromatic rings. The number of aromatic nitrogens is 5. The molecule has 1 saturated heterocycles. The normalized spacial score (nSPS) is 15.1. The van der Waals surface area contributed by atoms with Crippen LogP contribution in [0.1, 0.15) is 18.7 Å². The predicted molar refractivity (Wildman–Crippen MR) is 105 cm³/mol. The molecule has 0 aromatic carbocycles. The molecule has 0 radical (unpaired) electrons. The topological polar surface area (TPSA) is 103 Å². The molecule has 0 N–H and O–H groups in total. The molecule has 148 valence electrons. The maximum absolute atomic E-state index is 5.77. The van der Waals surface area contributed by atoms with Crippen molar-refractivity contribution in [3.63, 3.8) is 0 Å². The number of nitrogens with zero attached hydrogens (tertiary/aromatic N) is 6. The highest BCUT2D eigenvalue weighted by molar-refractivity contribution is 5.80. The van der Waals surface area contributed by atoms with Gasteiger partial charge in [0.2, 0.25) is 11.8 Å². The summed E-state index contributed by atoms with van der Waals surface area (Å²) in [6.07, 6.45) is 7.97. The fourth-order valence-electron chi connectivity index (χ4n) is 3.62. The minimum atomic E-state index is 0.401. The van der Waals surface area contributed by atoms with E-state index in [4.69, 9.17) is 13.7 Å². The van der Waals surface area contributed by atoms with Crippen LogP contribution in [-0.4, -0.2) is 45.3 Å². The highest BCUT2D eigenvalue weighted by Crippen LogP contribution is 2.28. The van der Waals surface area contributed by atoms with Gasteiger partial charge < -0.3 is 18.6 Å². The summed E-state index contributed by atoms with van der Waals surface area (Å²) in [5.41, 5.74) is 0.752. The molecule has 5 heterocycles. The van der Waals surface area contributed by atoms with E-state index in [1.54, 1.807) is 31.8 Å². The van der Waals surface area contributed by atoms with Crippen molar-refractivity contribution in [2.24, 2.45) is 5.92 Å². The molecule has 9 nitrogen and oxygen atoms in total. The molecule has 5 rings (SSSR count). The quantitative estimate of drug-likeness (QED) is 0.506. The van der Waals surface area contributed by atoms with Crippen molar-refractivity contribution >= 4 is 16.9 Å². The average Bonchev–Trinajstić information content (AvgIpc) is 3.41. The summed E-state index contributed by atoms with van der Waals surface area (Å²) in [6.45, 7) is 1.78. The molecule has 0 aliphatic carbocycles. The lowest BCUT2D eigenvalue weighted by atomic mass is 9.93. The van der Waals surface area contributed by atoms with Crippen LogP contribution in [0.2, 0.25) is 0 Å². The fraction of sp³-hybridized carbons (Fsp3) is 0.350. The first-order valence-corrected chi connectivity index (χ1v) is 9.57. The first kappa shape index (κ1) is 17.6. The van der Waals surface area contributed by atoms with Crippen LogP contribution in [-0.2, 0) is 6.42 Å². The Morgan fingerprint density at radius 1 is 1.17 bits per heavy atom. The zero-order valence-corrected chi connectivity index (χ0v) is 16.0. The van der Waals surface area contributed by atoms with E-state index in [1.165, 1.54) is 0 Å². The van der Waals surface area contributed by atoms with Gasteiger partial charge in [-0.1, -0.05) is 5.16 Å².